The van der Waals surface area contributed by atoms with Gasteiger partial charge in [-0.1, -0.05) is 0 Å². The minimum absolute atomic E-state index is 0.255. The van der Waals surface area contributed by atoms with Crippen LogP contribution in [0.25, 0.3) is 0 Å². The number of carbonyl (C=O) groups excluding carboxylic acids is 1. The number of rotatable bonds is 3. The van der Waals surface area contributed by atoms with Gasteiger partial charge in [-0.25, -0.2) is 4.79 Å². The number of hydrogen-bond donors (Lipinski definition) is 2. The van der Waals surface area contributed by atoms with Crippen LogP contribution in [0.15, 0.2) is 0 Å². The highest BCUT2D eigenvalue weighted by atomic mass is 16.5. The van der Waals surface area contributed by atoms with Crippen LogP contribution >= 0.6 is 0 Å². The Balaban J connectivity index is 2.81. The second-order valence-electron chi connectivity index (χ2n) is 2.87. The van der Waals surface area contributed by atoms with Crippen molar-refractivity contribution < 1.29 is 19.7 Å². The van der Waals surface area contributed by atoms with Crippen LogP contribution in [0.4, 0.5) is 4.79 Å². The first kappa shape index (κ1) is 10.2. The average molecular weight is 190 g/mol. The molecule has 6 nitrogen and oxygen atoms in total. The molecule has 0 saturated carbocycles. The number of aliphatic hydroxyl groups excluding tert-OH is 2. The van der Waals surface area contributed by atoms with E-state index in [1.165, 1.54) is 12.0 Å². The highest BCUT2D eigenvalue weighted by Crippen LogP contribution is 2.21. The maximum atomic E-state index is 11.4. The van der Waals surface area contributed by atoms with Crippen molar-refractivity contribution in [3.63, 3.8) is 0 Å². The second kappa shape index (κ2) is 3.91. The summed E-state index contributed by atoms with van der Waals surface area (Å²) >= 11 is 0. The van der Waals surface area contributed by atoms with Gasteiger partial charge in [0.05, 0.1) is 6.04 Å². The Morgan fingerprint density at radius 2 is 1.92 bits per heavy atom. The largest absolute Gasteiger partial charge is 0.376 e. The van der Waals surface area contributed by atoms with Crippen LogP contribution in [0, 0.1) is 0 Å². The van der Waals surface area contributed by atoms with Gasteiger partial charge in [-0.15, -0.1) is 0 Å². The summed E-state index contributed by atoms with van der Waals surface area (Å²) in [5, 5.41) is 17.8. The molecule has 76 valence electrons. The lowest BCUT2D eigenvalue weighted by Gasteiger charge is -2.21. The highest BCUT2D eigenvalue weighted by molar-refractivity contribution is 5.77. The Morgan fingerprint density at radius 3 is 2.23 bits per heavy atom. The van der Waals surface area contributed by atoms with Crippen molar-refractivity contribution in [2.75, 3.05) is 20.6 Å². The summed E-state index contributed by atoms with van der Waals surface area (Å²) < 4.78 is 5.02. The van der Waals surface area contributed by atoms with Gasteiger partial charge in [0.2, 0.25) is 0 Å². The average Bonchev–Trinajstić information content (AvgIpc) is 2.36. The van der Waals surface area contributed by atoms with Gasteiger partial charge in [0.25, 0.3) is 0 Å². The van der Waals surface area contributed by atoms with Crippen molar-refractivity contribution in [2.24, 2.45) is 0 Å². The molecule has 0 radical (unpaired) electrons. The molecule has 1 saturated heterocycles. The molecule has 1 aliphatic heterocycles. The first-order valence-corrected chi connectivity index (χ1v) is 3.99. The Bertz CT molecular complexity index is 199. The van der Waals surface area contributed by atoms with Gasteiger partial charge in [-0.3, -0.25) is 9.80 Å². The van der Waals surface area contributed by atoms with E-state index in [-0.39, 0.29) is 12.8 Å². The fourth-order valence-corrected chi connectivity index (χ4v) is 1.52. The Labute approximate surface area is 76.3 Å². The molecule has 2 N–H and O–H groups in total. The third kappa shape index (κ3) is 1.48. The predicted octanol–water partition coefficient (Wildman–Crippen LogP) is -1.02. The van der Waals surface area contributed by atoms with Gasteiger partial charge in [0.15, 0.2) is 6.23 Å². The van der Waals surface area contributed by atoms with Crippen LogP contribution in [0.2, 0.25) is 0 Å². The standard InChI is InChI=1S/C7H14N2O4/c1-5-6(13-2)9(4-11)7(12)8(5)3-10/h5-6,10-11H,3-4H2,1-2H3. The summed E-state index contributed by atoms with van der Waals surface area (Å²) in [7, 11) is 1.46. The molecule has 1 rings (SSSR count). The van der Waals surface area contributed by atoms with Crippen molar-refractivity contribution >= 4 is 6.03 Å². The van der Waals surface area contributed by atoms with E-state index in [1.807, 2.05) is 0 Å². The third-order valence-electron chi connectivity index (χ3n) is 2.25. The lowest BCUT2D eigenvalue weighted by atomic mass is 10.3. The molecule has 0 spiro atoms. The fraction of sp³-hybridized carbons (Fsp3) is 0.857. The quantitative estimate of drug-likeness (QED) is 0.597. The molecule has 0 aromatic rings. The maximum Gasteiger partial charge on any atom is 0.326 e. The minimum atomic E-state index is -0.496. The van der Waals surface area contributed by atoms with Crippen molar-refractivity contribution in [1.29, 1.82) is 0 Å². The smallest absolute Gasteiger partial charge is 0.326 e. The van der Waals surface area contributed by atoms with Crippen LogP contribution in [-0.4, -0.2) is 58.9 Å². The summed E-state index contributed by atoms with van der Waals surface area (Å²) in [5.41, 5.74) is 0. The van der Waals surface area contributed by atoms with Crippen LogP contribution in [0.3, 0.4) is 0 Å². The molecule has 13 heavy (non-hydrogen) atoms. The molecule has 0 aromatic carbocycles. The summed E-state index contributed by atoms with van der Waals surface area (Å²) in [5.74, 6) is 0. The van der Waals surface area contributed by atoms with Crippen LogP contribution in [-0.2, 0) is 4.74 Å². The summed E-state index contributed by atoms with van der Waals surface area (Å²) in [6, 6.07) is -0.668. The molecule has 2 unspecified atom stereocenters. The zero-order chi connectivity index (χ0) is 10.0. The minimum Gasteiger partial charge on any atom is -0.376 e. The van der Waals surface area contributed by atoms with Crippen molar-refractivity contribution in [3.05, 3.63) is 0 Å². The number of nitrogens with zero attached hydrogens (tertiary/aromatic N) is 2. The van der Waals surface area contributed by atoms with E-state index in [2.05, 4.69) is 0 Å². The second-order valence-corrected chi connectivity index (χ2v) is 2.87. The third-order valence-corrected chi connectivity index (χ3v) is 2.25. The molecular weight excluding hydrogens is 176 g/mol. The topological polar surface area (TPSA) is 73.2 Å². The summed E-state index contributed by atoms with van der Waals surface area (Å²) in [4.78, 5) is 13.8. The molecule has 6 heteroatoms. The molecule has 0 aliphatic carbocycles. The van der Waals surface area contributed by atoms with Crippen LogP contribution < -0.4 is 0 Å². The van der Waals surface area contributed by atoms with Crippen LogP contribution in [0.5, 0.6) is 0 Å². The van der Waals surface area contributed by atoms with Gasteiger partial charge in [0, 0.05) is 7.11 Å². The lowest BCUT2D eigenvalue weighted by molar-refractivity contribution is -0.0382. The number of amides is 2. The lowest BCUT2D eigenvalue weighted by Crippen LogP contribution is -2.37. The van der Waals surface area contributed by atoms with Crippen molar-refractivity contribution in [1.82, 2.24) is 9.80 Å². The molecule has 0 aromatic heterocycles. The molecule has 2 atom stereocenters. The first-order chi connectivity index (χ1) is 6.17. The number of methoxy groups -OCH3 is 1. The van der Waals surface area contributed by atoms with E-state index in [1.54, 1.807) is 6.92 Å². The zero-order valence-electron chi connectivity index (χ0n) is 7.67. The monoisotopic (exact) mass is 190 g/mol. The Hall–Kier alpha value is -0.850. The summed E-state index contributed by atoms with van der Waals surface area (Å²) in [6.45, 7) is 0.979. The predicted molar refractivity (Wildman–Crippen MR) is 43.5 cm³/mol. The van der Waals surface area contributed by atoms with E-state index < -0.39 is 19.0 Å². The Morgan fingerprint density at radius 1 is 1.38 bits per heavy atom. The van der Waals surface area contributed by atoms with Crippen LogP contribution in [0.1, 0.15) is 6.92 Å². The highest BCUT2D eigenvalue weighted by Gasteiger charge is 2.42. The van der Waals surface area contributed by atoms with Gasteiger partial charge < -0.3 is 14.9 Å². The molecular formula is C7H14N2O4. The van der Waals surface area contributed by atoms with E-state index >= 15 is 0 Å². The molecule has 1 aliphatic rings. The molecule has 0 bridgehead atoms. The maximum absolute atomic E-state index is 11.4. The van der Waals surface area contributed by atoms with E-state index in [9.17, 15) is 4.79 Å². The number of hydrogen-bond acceptors (Lipinski definition) is 4. The number of urea groups is 1. The van der Waals surface area contributed by atoms with Crippen molar-refractivity contribution in [2.45, 2.75) is 19.2 Å². The molecule has 1 heterocycles. The SMILES string of the molecule is COC1C(C)N(CO)C(=O)N1CO. The van der Waals surface area contributed by atoms with E-state index in [0.717, 1.165) is 4.90 Å². The van der Waals surface area contributed by atoms with Gasteiger partial charge in [-0.2, -0.15) is 0 Å². The number of carbonyl (C=O) groups is 1. The van der Waals surface area contributed by atoms with Gasteiger partial charge in [0.1, 0.15) is 13.5 Å². The van der Waals surface area contributed by atoms with Gasteiger partial charge in [-0.05, 0) is 6.92 Å². The summed E-state index contributed by atoms with van der Waals surface area (Å²) in [6.07, 6.45) is -0.496. The zero-order valence-corrected chi connectivity index (χ0v) is 7.67. The number of ether oxygens (including phenoxy) is 1. The van der Waals surface area contributed by atoms with E-state index in [0.29, 0.717) is 0 Å². The first-order valence-electron chi connectivity index (χ1n) is 3.99. The fourth-order valence-electron chi connectivity index (χ4n) is 1.52. The molecule has 1 fully saturated rings. The van der Waals surface area contributed by atoms with Crippen molar-refractivity contribution in [3.8, 4) is 0 Å². The number of aliphatic hydroxyl groups is 2. The molecule has 2 amide bonds. The van der Waals surface area contributed by atoms with Gasteiger partial charge >= 0.3 is 6.03 Å². The van der Waals surface area contributed by atoms with E-state index in [4.69, 9.17) is 14.9 Å². The Kier molecular flexibility index (Phi) is 3.07. The normalized spacial score (nSPS) is 28.8.